The molecular weight excluding hydrogens is 432 g/mol. The van der Waals surface area contributed by atoms with Gasteiger partial charge < -0.3 is 19.7 Å². The first-order chi connectivity index (χ1) is 16.7. The lowest BCUT2D eigenvalue weighted by Gasteiger charge is -2.36. The lowest BCUT2D eigenvalue weighted by atomic mass is 10.2. The van der Waals surface area contributed by atoms with Crippen molar-refractivity contribution in [2.24, 2.45) is 0 Å². The first-order valence-corrected chi connectivity index (χ1v) is 11.6. The molecule has 0 radical (unpaired) electrons. The summed E-state index contributed by atoms with van der Waals surface area (Å²) in [5.41, 5.74) is 2.29. The van der Waals surface area contributed by atoms with E-state index in [1.807, 2.05) is 36.4 Å². The predicted octanol–water partition coefficient (Wildman–Crippen LogP) is 2.62. The second kappa shape index (κ2) is 11.5. The number of carbonyl (C=O) groups excluding carboxylic acids is 1. The number of benzene rings is 2. The Bertz CT molecular complexity index is 1060. The maximum atomic E-state index is 12.4. The molecule has 0 bridgehead atoms. The monoisotopic (exact) mass is 464 g/mol. The van der Waals surface area contributed by atoms with Crippen LogP contribution in [0.25, 0.3) is 5.69 Å². The van der Waals surface area contributed by atoms with Gasteiger partial charge in [-0.15, -0.1) is 5.10 Å². The standard InChI is InChI=1S/C25H32N6O3/c1-33-21-11-9-20(10-12-21)31-19-22(27-28-31)25(32)26-13-5-6-14-29-15-17-30(18-16-29)23-7-3-4-8-24(23)34-2/h3-4,7-12,19H,5-6,13-18H2,1-2H3,(H,26,32). The number of unbranched alkanes of at least 4 members (excludes halogenated alkanes) is 1. The molecule has 3 aromatic rings. The molecule has 1 aromatic heterocycles. The Morgan fingerprint density at radius 2 is 1.74 bits per heavy atom. The van der Waals surface area contributed by atoms with Crippen LogP contribution in [0.3, 0.4) is 0 Å². The third kappa shape index (κ3) is 5.85. The molecule has 1 aliphatic rings. The van der Waals surface area contributed by atoms with E-state index in [2.05, 4.69) is 37.6 Å². The van der Waals surface area contributed by atoms with Crippen LogP contribution in [0.1, 0.15) is 23.3 Å². The van der Waals surface area contributed by atoms with Crippen molar-refractivity contribution in [1.82, 2.24) is 25.2 Å². The molecule has 4 rings (SSSR count). The lowest BCUT2D eigenvalue weighted by Crippen LogP contribution is -2.46. The molecule has 9 heteroatoms. The Kier molecular flexibility index (Phi) is 7.98. The molecule has 2 heterocycles. The molecule has 0 spiro atoms. The summed E-state index contributed by atoms with van der Waals surface area (Å²) in [5.74, 6) is 1.49. The largest absolute Gasteiger partial charge is 0.497 e. The number of hydrogen-bond donors (Lipinski definition) is 1. The normalized spacial score (nSPS) is 14.1. The van der Waals surface area contributed by atoms with Crippen molar-refractivity contribution in [3.05, 3.63) is 60.4 Å². The molecule has 9 nitrogen and oxygen atoms in total. The molecule has 1 aliphatic heterocycles. The molecule has 0 aliphatic carbocycles. The number of nitrogens with zero attached hydrogens (tertiary/aromatic N) is 5. The number of rotatable bonds is 10. The summed E-state index contributed by atoms with van der Waals surface area (Å²) in [6.45, 7) is 5.68. The van der Waals surface area contributed by atoms with Crippen LogP contribution in [0.4, 0.5) is 5.69 Å². The average molecular weight is 465 g/mol. The van der Waals surface area contributed by atoms with Crippen LogP contribution in [-0.4, -0.2) is 79.3 Å². The number of methoxy groups -OCH3 is 2. The number of piperazine rings is 1. The highest BCUT2D eigenvalue weighted by Crippen LogP contribution is 2.28. The number of nitrogens with one attached hydrogen (secondary N) is 1. The maximum Gasteiger partial charge on any atom is 0.273 e. The van der Waals surface area contributed by atoms with Gasteiger partial charge in [0.05, 0.1) is 31.8 Å². The molecule has 1 fully saturated rings. The van der Waals surface area contributed by atoms with Gasteiger partial charge >= 0.3 is 0 Å². The minimum Gasteiger partial charge on any atom is -0.497 e. The summed E-state index contributed by atoms with van der Waals surface area (Å²) < 4.78 is 12.2. The predicted molar refractivity (Wildman–Crippen MR) is 131 cm³/mol. The van der Waals surface area contributed by atoms with Gasteiger partial charge in [-0.25, -0.2) is 4.68 Å². The number of aromatic nitrogens is 3. The van der Waals surface area contributed by atoms with Crippen molar-refractivity contribution < 1.29 is 14.3 Å². The van der Waals surface area contributed by atoms with Crippen LogP contribution in [0, 0.1) is 0 Å². The number of para-hydroxylation sites is 2. The third-order valence-electron chi connectivity index (χ3n) is 6.05. The van der Waals surface area contributed by atoms with Crippen LogP contribution in [0.2, 0.25) is 0 Å². The van der Waals surface area contributed by atoms with E-state index in [0.29, 0.717) is 12.2 Å². The first-order valence-electron chi connectivity index (χ1n) is 11.6. The number of ether oxygens (including phenoxy) is 2. The minimum absolute atomic E-state index is 0.204. The molecule has 1 N–H and O–H groups in total. The van der Waals surface area contributed by atoms with Crippen LogP contribution >= 0.6 is 0 Å². The van der Waals surface area contributed by atoms with E-state index in [-0.39, 0.29) is 5.91 Å². The summed E-state index contributed by atoms with van der Waals surface area (Å²) in [5, 5.41) is 11.0. The SMILES string of the molecule is COc1ccc(-n2cc(C(=O)NCCCCN3CCN(c4ccccc4OC)CC3)nn2)cc1. The summed E-state index contributed by atoms with van der Waals surface area (Å²) in [6, 6.07) is 15.6. The average Bonchev–Trinajstić information content (AvgIpc) is 3.39. The van der Waals surface area contributed by atoms with E-state index in [1.54, 1.807) is 25.1 Å². The topological polar surface area (TPSA) is 84.8 Å². The Morgan fingerprint density at radius 1 is 0.971 bits per heavy atom. The Hall–Kier alpha value is -3.59. The van der Waals surface area contributed by atoms with Crippen molar-refractivity contribution in [3.8, 4) is 17.2 Å². The summed E-state index contributed by atoms with van der Waals surface area (Å²) >= 11 is 0. The van der Waals surface area contributed by atoms with Crippen LogP contribution in [0.5, 0.6) is 11.5 Å². The summed E-state index contributed by atoms with van der Waals surface area (Å²) in [6.07, 6.45) is 3.59. The van der Waals surface area contributed by atoms with E-state index < -0.39 is 0 Å². The molecule has 1 saturated heterocycles. The summed E-state index contributed by atoms with van der Waals surface area (Å²) in [4.78, 5) is 17.3. The zero-order chi connectivity index (χ0) is 23.8. The molecule has 0 saturated carbocycles. The van der Waals surface area contributed by atoms with Crippen LogP contribution in [0.15, 0.2) is 54.7 Å². The Balaban J connectivity index is 1.14. The van der Waals surface area contributed by atoms with Gasteiger partial charge in [-0.1, -0.05) is 17.3 Å². The van der Waals surface area contributed by atoms with Gasteiger partial charge in [0.15, 0.2) is 5.69 Å². The highest BCUT2D eigenvalue weighted by atomic mass is 16.5. The number of carbonyl (C=O) groups is 1. The van der Waals surface area contributed by atoms with Crippen LogP contribution in [-0.2, 0) is 0 Å². The number of hydrogen-bond acceptors (Lipinski definition) is 7. The second-order valence-electron chi connectivity index (χ2n) is 8.21. The molecule has 0 unspecified atom stereocenters. The van der Waals surface area contributed by atoms with E-state index in [9.17, 15) is 4.79 Å². The zero-order valence-electron chi connectivity index (χ0n) is 19.8. The molecule has 34 heavy (non-hydrogen) atoms. The van der Waals surface area contributed by atoms with E-state index >= 15 is 0 Å². The number of amides is 1. The van der Waals surface area contributed by atoms with Gasteiger partial charge in [-0.2, -0.15) is 0 Å². The molecule has 2 aromatic carbocycles. The van der Waals surface area contributed by atoms with E-state index in [0.717, 1.165) is 68.4 Å². The van der Waals surface area contributed by atoms with Gasteiger partial charge in [-0.3, -0.25) is 9.69 Å². The van der Waals surface area contributed by atoms with Crippen molar-refractivity contribution in [1.29, 1.82) is 0 Å². The minimum atomic E-state index is -0.204. The van der Waals surface area contributed by atoms with Crippen molar-refractivity contribution >= 4 is 11.6 Å². The Labute approximate surface area is 200 Å². The highest BCUT2D eigenvalue weighted by Gasteiger charge is 2.19. The second-order valence-corrected chi connectivity index (χ2v) is 8.21. The highest BCUT2D eigenvalue weighted by molar-refractivity contribution is 5.91. The third-order valence-corrected chi connectivity index (χ3v) is 6.05. The summed E-state index contributed by atoms with van der Waals surface area (Å²) in [7, 11) is 3.34. The Morgan fingerprint density at radius 3 is 2.47 bits per heavy atom. The smallest absolute Gasteiger partial charge is 0.273 e. The molecule has 1 amide bonds. The van der Waals surface area contributed by atoms with Gasteiger partial charge in [0, 0.05) is 32.7 Å². The lowest BCUT2D eigenvalue weighted by molar-refractivity contribution is 0.0947. The van der Waals surface area contributed by atoms with Gasteiger partial charge in [0.25, 0.3) is 5.91 Å². The van der Waals surface area contributed by atoms with E-state index in [1.165, 1.54) is 0 Å². The fraction of sp³-hybridized carbons (Fsp3) is 0.400. The quantitative estimate of drug-likeness (QED) is 0.462. The fourth-order valence-corrected chi connectivity index (χ4v) is 4.09. The van der Waals surface area contributed by atoms with Gasteiger partial charge in [0.2, 0.25) is 0 Å². The first kappa shape index (κ1) is 23.6. The van der Waals surface area contributed by atoms with Gasteiger partial charge in [0.1, 0.15) is 11.5 Å². The molecule has 180 valence electrons. The molecular formula is C25H32N6O3. The molecule has 0 atom stereocenters. The number of anilines is 1. The van der Waals surface area contributed by atoms with Crippen LogP contribution < -0.4 is 19.7 Å². The van der Waals surface area contributed by atoms with Crippen molar-refractivity contribution in [3.63, 3.8) is 0 Å². The van der Waals surface area contributed by atoms with Crippen molar-refractivity contribution in [2.45, 2.75) is 12.8 Å². The maximum absolute atomic E-state index is 12.4. The fourth-order valence-electron chi connectivity index (χ4n) is 4.09. The zero-order valence-corrected chi connectivity index (χ0v) is 19.8. The van der Waals surface area contributed by atoms with Gasteiger partial charge in [-0.05, 0) is 55.8 Å². The van der Waals surface area contributed by atoms with Crippen molar-refractivity contribution in [2.75, 3.05) is 58.4 Å². The van der Waals surface area contributed by atoms with E-state index in [4.69, 9.17) is 9.47 Å².